The summed E-state index contributed by atoms with van der Waals surface area (Å²) in [6, 6.07) is 12.3. The monoisotopic (exact) mass is 420 g/mol. The van der Waals surface area contributed by atoms with Crippen LogP contribution in [0.25, 0.3) is 0 Å². The molecule has 7 heteroatoms. The molecule has 0 bridgehead atoms. The summed E-state index contributed by atoms with van der Waals surface area (Å²) in [4.78, 5) is 38.9. The number of rotatable bonds is 5. The van der Waals surface area contributed by atoms with Crippen LogP contribution in [0, 0.1) is 17.0 Å². The Hall–Kier alpha value is -3.48. The van der Waals surface area contributed by atoms with Crippen LogP contribution < -0.4 is 9.64 Å². The fourth-order valence-electron chi connectivity index (χ4n) is 4.49. The lowest BCUT2D eigenvalue weighted by Gasteiger charge is -2.38. The van der Waals surface area contributed by atoms with Crippen molar-refractivity contribution < 1.29 is 19.2 Å². The van der Waals surface area contributed by atoms with Gasteiger partial charge < -0.3 is 4.74 Å². The zero-order valence-electron chi connectivity index (χ0n) is 17.6. The van der Waals surface area contributed by atoms with E-state index in [2.05, 4.69) is 0 Å². The van der Waals surface area contributed by atoms with E-state index >= 15 is 0 Å². The van der Waals surface area contributed by atoms with Gasteiger partial charge in [-0.1, -0.05) is 18.2 Å². The first-order valence-electron chi connectivity index (χ1n) is 10.5. The molecule has 31 heavy (non-hydrogen) atoms. The van der Waals surface area contributed by atoms with E-state index in [1.54, 1.807) is 19.1 Å². The molecule has 0 N–H and O–H groups in total. The van der Waals surface area contributed by atoms with Crippen molar-refractivity contribution in [3.05, 3.63) is 75.0 Å². The maximum absolute atomic E-state index is 13.3. The first-order valence-corrected chi connectivity index (χ1v) is 10.5. The number of Topliss-reactive ketones (excluding diaryl/α,β-unsaturated/α-hetero) is 1. The number of aryl methyl sites for hydroxylation is 1. The minimum atomic E-state index is -0.473. The number of hydrogen-bond donors (Lipinski definition) is 0. The van der Waals surface area contributed by atoms with Crippen LogP contribution in [-0.4, -0.2) is 23.2 Å². The van der Waals surface area contributed by atoms with Gasteiger partial charge in [-0.3, -0.25) is 24.6 Å². The highest BCUT2D eigenvalue weighted by Gasteiger charge is 2.41. The average molecular weight is 420 g/mol. The molecule has 1 amide bonds. The highest BCUT2D eigenvalue weighted by atomic mass is 16.6. The molecule has 0 aromatic heterocycles. The van der Waals surface area contributed by atoms with E-state index < -0.39 is 4.92 Å². The lowest BCUT2D eigenvalue weighted by atomic mass is 9.77. The van der Waals surface area contributed by atoms with Crippen molar-refractivity contribution in [1.29, 1.82) is 0 Å². The average Bonchev–Trinajstić information content (AvgIpc) is 2.74. The number of amides is 1. The van der Waals surface area contributed by atoms with Crippen molar-refractivity contribution in [3.8, 4) is 5.75 Å². The van der Waals surface area contributed by atoms with E-state index in [0.717, 1.165) is 16.9 Å². The molecular weight excluding hydrogens is 396 g/mol. The van der Waals surface area contributed by atoms with Gasteiger partial charge in [-0.25, -0.2) is 0 Å². The first-order chi connectivity index (χ1) is 14.9. The predicted octanol–water partition coefficient (Wildman–Crippen LogP) is 4.83. The number of benzene rings is 2. The second kappa shape index (κ2) is 8.34. The van der Waals surface area contributed by atoms with Gasteiger partial charge in [-0.2, -0.15) is 0 Å². The highest BCUT2D eigenvalue weighted by Crippen LogP contribution is 2.45. The smallest absolute Gasteiger partial charge is 0.293 e. The number of ketones is 1. The van der Waals surface area contributed by atoms with Gasteiger partial charge >= 0.3 is 0 Å². The Morgan fingerprint density at radius 3 is 2.55 bits per heavy atom. The number of hydrogen-bond acceptors (Lipinski definition) is 5. The van der Waals surface area contributed by atoms with Crippen LogP contribution >= 0.6 is 0 Å². The third-order valence-corrected chi connectivity index (χ3v) is 5.84. The third kappa shape index (κ3) is 3.83. The Kier molecular flexibility index (Phi) is 5.59. The number of carbonyl (C=O) groups is 2. The molecule has 0 radical (unpaired) electrons. The van der Waals surface area contributed by atoms with Gasteiger partial charge in [0.05, 0.1) is 11.5 Å². The molecule has 1 heterocycles. The molecule has 160 valence electrons. The second-order valence-electron chi connectivity index (χ2n) is 7.87. The van der Waals surface area contributed by atoms with Crippen molar-refractivity contribution >= 4 is 23.1 Å². The van der Waals surface area contributed by atoms with Crippen LogP contribution in [0.1, 0.15) is 49.7 Å². The van der Waals surface area contributed by atoms with Crippen molar-refractivity contribution in [2.24, 2.45) is 0 Å². The van der Waals surface area contributed by atoms with Gasteiger partial charge in [-0.05, 0) is 56.0 Å². The quantitative estimate of drug-likeness (QED) is 0.510. The molecule has 0 fully saturated rings. The van der Waals surface area contributed by atoms with Gasteiger partial charge in [0, 0.05) is 36.1 Å². The maximum atomic E-state index is 13.3. The molecule has 7 nitrogen and oxygen atoms in total. The molecule has 4 rings (SSSR count). The molecular formula is C24H24N2O5. The van der Waals surface area contributed by atoms with E-state index in [9.17, 15) is 19.7 Å². The summed E-state index contributed by atoms with van der Waals surface area (Å²) in [6.07, 6.45) is 1.66. The van der Waals surface area contributed by atoms with Gasteiger partial charge in [-0.15, -0.1) is 0 Å². The summed E-state index contributed by atoms with van der Waals surface area (Å²) < 4.78 is 5.50. The fraction of sp³-hybridized carbons (Fsp3) is 0.333. The highest BCUT2D eigenvalue weighted by molar-refractivity contribution is 6.08. The van der Waals surface area contributed by atoms with E-state index in [1.165, 1.54) is 11.0 Å². The zero-order valence-corrected chi connectivity index (χ0v) is 17.6. The van der Waals surface area contributed by atoms with E-state index in [4.69, 9.17) is 4.74 Å². The molecule has 0 spiro atoms. The largest absolute Gasteiger partial charge is 0.494 e. The summed E-state index contributed by atoms with van der Waals surface area (Å²) in [6.45, 7) is 4.23. The summed E-state index contributed by atoms with van der Waals surface area (Å²) in [5, 5.41) is 11.7. The SMILES string of the molecule is CCOc1ccc(C2CC(=O)N(c3ccc(C)cc3[N+](=O)[O-])C3=C2C(=O)CCC3)cc1. The number of anilines is 1. The molecule has 0 saturated heterocycles. The van der Waals surface area contributed by atoms with E-state index in [0.29, 0.717) is 37.1 Å². The summed E-state index contributed by atoms with van der Waals surface area (Å²) >= 11 is 0. The molecule has 1 aliphatic heterocycles. The summed E-state index contributed by atoms with van der Waals surface area (Å²) in [5.41, 5.74) is 2.91. The Morgan fingerprint density at radius 1 is 1.13 bits per heavy atom. The van der Waals surface area contributed by atoms with Gasteiger partial charge in [0.25, 0.3) is 5.69 Å². The third-order valence-electron chi connectivity index (χ3n) is 5.84. The maximum Gasteiger partial charge on any atom is 0.293 e. The minimum absolute atomic E-state index is 0.00685. The zero-order chi connectivity index (χ0) is 22.1. The Labute approximate surface area is 180 Å². The van der Waals surface area contributed by atoms with Crippen LogP contribution in [0.2, 0.25) is 0 Å². The minimum Gasteiger partial charge on any atom is -0.494 e. The first kappa shape index (κ1) is 20.8. The normalized spacial score (nSPS) is 18.8. The molecule has 2 aromatic rings. The molecule has 1 atom stereocenters. The number of carbonyl (C=O) groups excluding carboxylic acids is 2. The van der Waals surface area contributed by atoms with Crippen LogP contribution in [0.3, 0.4) is 0 Å². The number of nitro groups is 1. The fourth-order valence-corrected chi connectivity index (χ4v) is 4.49. The lowest BCUT2D eigenvalue weighted by molar-refractivity contribution is -0.384. The van der Waals surface area contributed by atoms with Gasteiger partial charge in [0.2, 0.25) is 5.91 Å². The standard InChI is InChI=1S/C24H24N2O5/c1-3-31-17-10-8-16(9-11-17)18-14-23(28)25(20-5-4-6-22(27)24(18)20)19-12-7-15(2)13-21(19)26(29)30/h7-13,18H,3-6,14H2,1-2H3. The number of nitro benzene ring substituents is 1. The Balaban J connectivity index is 1.83. The molecule has 2 aliphatic rings. The summed E-state index contributed by atoms with van der Waals surface area (Å²) in [7, 11) is 0. The van der Waals surface area contributed by atoms with Gasteiger partial charge in [0.15, 0.2) is 5.78 Å². The molecule has 1 unspecified atom stereocenters. The number of ether oxygens (including phenoxy) is 1. The molecule has 1 aliphatic carbocycles. The lowest BCUT2D eigenvalue weighted by Crippen LogP contribution is -2.40. The van der Waals surface area contributed by atoms with E-state index in [1.807, 2.05) is 31.2 Å². The topological polar surface area (TPSA) is 89.8 Å². The predicted molar refractivity (Wildman–Crippen MR) is 116 cm³/mol. The van der Waals surface area contributed by atoms with Crippen molar-refractivity contribution in [2.75, 3.05) is 11.5 Å². The Bertz CT molecular complexity index is 1090. The van der Waals surface area contributed by atoms with Crippen LogP contribution in [0.5, 0.6) is 5.75 Å². The van der Waals surface area contributed by atoms with Crippen molar-refractivity contribution in [1.82, 2.24) is 0 Å². The van der Waals surface area contributed by atoms with Crippen molar-refractivity contribution in [3.63, 3.8) is 0 Å². The van der Waals surface area contributed by atoms with Crippen molar-refractivity contribution in [2.45, 2.75) is 45.4 Å². The van der Waals surface area contributed by atoms with Crippen LogP contribution in [0.15, 0.2) is 53.7 Å². The van der Waals surface area contributed by atoms with Gasteiger partial charge in [0.1, 0.15) is 11.4 Å². The van der Waals surface area contributed by atoms with Crippen LogP contribution in [-0.2, 0) is 9.59 Å². The molecule has 2 aromatic carbocycles. The number of nitrogens with zero attached hydrogens (tertiary/aromatic N) is 2. The Morgan fingerprint density at radius 2 is 1.87 bits per heavy atom. The summed E-state index contributed by atoms with van der Waals surface area (Å²) in [5.74, 6) is 0.146. The number of allylic oxidation sites excluding steroid dienone is 2. The van der Waals surface area contributed by atoms with Crippen LogP contribution in [0.4, 0.5) is 11.4 Å². The van der Waals surface area contributed by atoms with E-state index in [-0.39, 0.29) is 35.4 Å². The molecule has 0 saturated carbocycles. The second-order valence-corrected chi connectivity index (χ2v) is 7.87.